The van der Waals surface area contributed by atoms with Gasteiger partial charge in [-0.2, -0.15) is 0 Å². The molecule has 62 heavy (non-hydrogen) atoms. The first-order chi connectivity index (χ1) is 29.5. The van der Waals surface area contributed by atoms with E-state index in [0.717, 1.165) is 57.8 Å². The van der Waals surface area contributed by atoms with Gasteiger partial charge in [-0.3, -0.25) is 23.4 Å². The Morgan fingerprint density at radius 2 is 1.15 bits per heavy atom. The Hall–Kier alpha value is -3.27. The number of benzene rings is 1. The lowest BCUT2D eigenvalue weighted by Crippen LogP contribution is -2.37. The number of unbranched alkanes of at least 4 members (excludes halogenated alkanes) is 20. The van der Waals surface area contributed by atoms with Crippen molar-refractivity contribution in [1.29, 1.82) is 0 Å². The van der Waals surface area contributed by atoms with Crippen molar-refractivity contribution in [1.82, 2.24) is 5.32 Å². The lowest BCUT2D eigenvalue weighted by atomic mass is 10.0. The minimum atomic E-state index is -4.46. The second-order valence-electron chi connectivity index (χ2n) is 16.8. The molecule has 0 heterocycles. The van der Waals surface area contributed by atoms with Gasteiger partial charge in [-0.25, -0.2) is 22.1 Å². The number of phosphoric acid groups is 1. The molecule has 0 aliphatic carbocycles. The first kappa shape index (κ1) is 56.7. The van der Waals surface area contributed by atoms with Crippen molar-refractivity contribution >= 4 is 31.4 Å². The van der Waals surface area contributed by atoms with E-state index in [0.29, 0.717) is 36.7 Å². The van der Waals surface area contributed by atoms with Gasteiger partial charge in [0.05, 0.1) is 27.7 Å². The predicted octanol–water partition coefficient (Wildman–Crippen LogP) is 11.6. The number of phosphoric ester groups is 1. The molecule has 0 bridgehead atoms. The molecule has 0 saturated carbocycles. The van der Waals surface area contributed by atoms with E-state index in [4.69, 9.17) is 24.1 Å². The molecule has 1 aromatic carbocycles. The average Bonchev–Trinajstić information content (AvgIpc) is 3.21. The second-order valence-corrected chi connectivity index (χ2v) is 18.2. The summed E-state index contributed by atoms with van der Waals surface area (Å²) < 4.78 is 90.3. The van der Waals surface area contributed by atoms with Crippen LogP contribution >= 0.6 is 7.82 Å². The van der Waals surface area contributed by atoms with E-state index in [9.17, 15) is 41.4 Å². The monoisotopic (exact) mass is 911 g/mol. The number of likely N-dealkylation sites (N-methyl/N-ethyl adjacent to an activating group) is 1. The van der Waals surface area contributed by atoms with Crippen LogP contribution in [-0.2, 0) is 32.7 Å². The van der Waals surface area contributed by atoms with Crippen molar-refractivity contribution in [2.24, 2.45) is 5.11 Å². The fraction of sp³-hybridized carbons (Fsp3) is 0.791. The zero-order valence-electron chi connectivity index (χ0n) is 37.5. The van der Waals surface area contributed by atoms with Gasteiger partial charge in [0.2, 0.25) is 0 Å². The van der Waals surface area contributed by atoms with Crippen LogP contribution in [0.15, 0.2) is 5.11 Å². The van der Waals surface area contributed by atoms with Crippen LogP contribution in [0.4, 0.5) is 23.2 Å². The summed E-state index contributed by atoms with van der Waals surface area (Å²) in [4.78, 5) is 49.7. The molecule has 0 aromatic heterocycles. The number of nitrogens with zero attached hydrogens (tertiary/aromatic N) is 4. The number of amides is 1. The maximum absolute atomic E-state index is 14.2. The minimum Gasteiger partial charge on any atom is -0.462 e. The van der Waals surface area contributed by atoms with E-state index >= 15 is 0 Å². The van der Waals surface area contributed by atoms with Gasteiger partial charge in [0, 0.05) is 24.3 Å². The smallest absolute Gasteiger partial charge is 0.462 e. The molecule has 0 saturated heterocycles. The predicted molar refractivity (Wildman–Crippen MR) is 229 cm³/mol. The fourth-order valence-corrected chi connectivity index (χ4v) is 7.17. The fourth-order valence-electron chi connectivity index (χ4n) is 6.42. The number of ether oxygens (including phenoxy) is 2. The molecular formula is C43H73F4N5O9P+. The molecule has 0 aliphatic rings. The molecule has 1 rings (SSSR count). The molecule has 0 fully saturated rings. The zero-order chi connectivity index (χ0) is 46.2. The highest BCUT2D eigenvalue weighted by molar-refractivity contribution is 7.47. The average molecular weight is 911 g/mol. The molecule has 0 radical (unpaired) electrons. The minimum absolute atomic E-state index is 0.0219. The van der Waals surface area contributed by atoms with Crippen LogP contribution in [0.5, 0.6) is 0 Å². The zero-order valence-corrected chi connectivity index (χ0v) is 38.4. The van der Waals surface area contributed by atoms with E-state index in [-0.39, 0.29) is 32.6 Å². The van der Waals surface area contributed by atoms with Crippen LogP contribution in [-0.4, -0.2) is 87.4 Å². The van der Waals surface area contributed by atoms with Crippen molar-refractivity contribution in [3.05, 3.63) is 39.3 Å². The molecular weight excluding hydrogens is 837 g/mol. The van der Waals surface area contributed by atoms with Gasteiger partial charge in [-0.15, -0.1) is 0 Å². The SMILES string of the molecule is CCCCCCCCCCCCCCCC(=O)OCC(COP(=O)(O)OCC[N+](C)(C)C)OC(=O)CCCCCCCCCCCNC(=O)c1c(F)c(F)c(N=[N+]=[N-])c(F)c1F. The normalized spacial score (nSPS) is 13.0. The first-order valence-corrected chi connectivity index (χ1v) is 24.0. The lowest BCUT2D eigenvalue weighted by molar-refractivity contribution is -0.870. The third-order valence-corrected chi connectivity index (χ3v) is 11.1. The van der Waals surface area contributed by atoms with Crippen molar-refractivity contribution in [3.63, 3.8) is 0 Å². The Bertz CT molecular complexity index is 1540. The number of hydrogen-bond acceptors (Lipinski definition) is 9. The van der Waals surface area contributed by atoms with Crippen molar-refractivity contribution in [2.45, 2.75) is 167 Å². The highest BCUT2D eigenvalue weighted by Crippen LogP contribution is 2.43. The summed E-state index contributed by atoms with van der Waals surface area (Å²) in [6.07, 6.45) is 21.4. The van der Waals surface area contributed by atoms with Crippen LogP contribution in [0.3, 0.4) is 0 Å². The molecule has 1 amide bonds. The van der Waals surface area contributed by atoms with Gasteiger partial charge >= 0.3 is 19.8 Å². The molecule has 2 unspecified atom stereocenters. The number of esters is 2. The van der Waals surface area contributed by atoms with Gasteiger partial charge in [0.25, 0.3) is 5.91 Å². The van der Waals surface area contributed by atoms with Gasteiger partial charge < -0.3 is 24.2 Å². The Kier molecular flexibility index (Phi) is 30.5. The number of quaternary nitrogens is 1. The first-order valence-electron chi connectivity index (χ1n) is 22.5. The molecule has 19 heteroatoms. The van der Waals surface area contributed by atoms with Gasteiger partial charge in [0.15, 0.2) is 29.4 Å². The lowest BCUT2D eigenvalue weighted by Gasteiger charge is -2.24. The van der Waals surface area contributed by atoms with E-state index in [1.54, 1.807) is 0 Å². The van der Waals surface area contributed by atoms with Gasteiger partial charge in [-0.1, -0.05) is 134 Å². The maximum Gasteiger partial charge on any atom is 0.472 e. The number of carbonyl (C=O) groups excluding carboxylic acids is 3. The molecule has 2 N–H and O–H groups in total. The molecule has 356 valence electrons. The molecule has 0 aliphatic heterocycles. The van der Waals surface area contributed by atoms with Gasteiger partial charge in [-0.05, 0) is 24.8 Å². The topological polar surface area (TPSA) is 186 Å². The summed E-state index contributed by atoms with van der Waals surface area (Å²) in [5.74, 6) is -10.1. The summed E-state index contributed by atoms with van der Waals surface area (Å²) >= 11 is 0. The molecule has 14 nitrogen and oxygen atoms in total. The summed E-state index contributed by atoms with van der Waals surface area (Å²) in [5.41, 5.74) is 5.42. The van der Waals surface area contributed by atoms with Crippen molar-refractivity contribution < 1.29 is 64.4 Å². The van der Waals surface area contributed by atoms with Gasteiger partial charge in [0.1, 0.15) is 31.0 Å². The summed E-state index contributed by atoms with van der Waals surface area (Å²) in [6.45, 7) is 1.86. The van der Waals surface area contributed by atoms with E-state index in [2.05, 4.69) is 22.3 Å². The number of nitrogens with one attached hydrogen (secondary N) is 1. The number of azide groups is 1. The van der Waals surface area contributed by atoms with Crippen LogP contribution in [0.1, 0.15) is 171 Å². The van der Waals surface area contributed by atoms with E-state index in [1.165, 1.54) is 57.8 Å². The van der Waals surface area contributed by atoms with Crippen molar-refractivity contribution in [3.8, 4) is 0 Å². The highest BCUT2D eigenvalue weighted by Gasteiger charge is 2.29. The maximum atomic E-state index is 14.2. The Morgan fingerprint density at radius 3 is 1.61 bits per heavy atom. The third-order valence-electron chi connectivity index (χ3n) is 10.1. The quantitative estimate of drug-likeness (QED) is 0.00749. The number of halogens is 4. The number of rotatable bonds is 38. The van der Waals surface area contributed by atoms with E-state index in [1.807, 2.05) is 21.1 Å². The highest BCUT2D eigenvalue weighted by atomic mass is 31.2. The van der Waals surface area contributed by atoms with Crippen LogP contribution in [0.2, 0.25) is 0 Å². The van der Waals surface area contributed by atoms with Crippen LogP contribution in [0, 0.1) is 23.3 Å². The second kappa shape index (κ2) is 33.3. The van der Waals surface area contributed by atoms with Crippen LogP contribution < -0.4 is 5.32 Å². The summed E-state index contributed by atoms with van der Waals surface area (Å²) in [6, 6.07) is 0. The van der Waals surface area contributed by atoms with Crippen molar-refractivity contribution in [2.75, 3.05) is 54.1 Å². The summed E-state index contributed by atoms with van der Waals surface area (Å²) in [5, 5.41) is 4.84. The molecule has 0 spiro atoms. The number of carbonyl (C=O) groups is 3. The Balaban J connectivity index is 2.35. The Labute approximate surface area is 366 Å². The summed E-state index contributed by atoms with van der Waals surface area (Å²) in [7, 11) is 1.25. The largest absolute Gasteiger partial charge is 0.472 e. The Morgan fingerprint density at radius 1 is 0.694 bits per heavy atom. The number of hydrogen-bond donors (Lipinski definition) is 2. The standard InChI is InChI=1S/C43H72F4N5O9P/c1-5-6-7-8-9-10-11-12-13-15-18-21-24-27-35(53)58-32-34(33-60-62(56,57)59-31-30-52(2,3)4)61-36(54)28-25-22-19-16-14-17-20-23-26-29-49-43(55)37-38(44)40(46)42(50-51-48)41(47)39(37)45/h34H,5-33H2,1-4H3,(H-,49,55,56,57)/p+1. The molecule has 1 aromatic rings. The van der Waals surface area contributed by atoms with Crippen LogP contribution in [0.25, 0.3) is 10.4 Å². The van der Waals surface area contributed by atoms with E-state index < -0.39 is 72.9 Å². The third kappa shape index (κ3) is 27.0. The molecule has 2 atom stereocenters.